The second-order valence-electron chi connectivity index (χ2n) is 10.9. The number of nitro benzene ring substituents is 1. The maximum Gasteiger partial charge on any atom is 0.271 e. The molecule has 1 aliphatic carbocycles. The quantitative estimate of drug-likeness (QED) is 0.164. The summed E-state index contributed by atoms with van der Waals surface area (Å²) in [5.74, 6) is -3.13. The van der Waals surface area contributed by atoms with Crippen LogP contribution in [0.1, 0.15) is 52.0 Å². The summed E-state index contributed by atoms with van der Waals surface area (Å²) >= 11 is 0. The Bertz CT molecular complexity index is 1360. The number of carbonyl (C=O) groups is 2. The predicted molar refractivity (Wildman–Crippen MR) is 151 cm³/mol. The number of rotatable bonds is 10. The lowest BCUT2D eigenvalue weighted by atomic mass is 9.66. The maximum atomic E-state index is 13.7. The molecule has 9 heteroatoms. The highest BCUT2D eigenvalue weighted by Crippen LogP contribution is 2.49. The highest BCUT2D eigenvalue weighted by atomic mass is 16.6. The Morgan fingerprint density at radius 3 is 2.50 bits per heavy atom. The molecule has 4 atom stereocenters. The Labute approximate surface area is 233 Å². The van der Waals surface area contributed by atoms with Crippen molar-refractivity contribution in [3.05, 3.63) is 80.9 Å². The molecule has 40 heavy (non-hydrogen) atoms. The van der Waals surface area contributed by atoms with Crippen molar-refractivity contribution in [1.82, 2.24) is 0 Å². The molecule has 2 aliphatic rings. The van der Waals surface area contributed by atoms with Crippen LogP contribution in [0.4, 0.5) is 11.4 Å². The van der Waals surface area contributed by atoms with Crippen LogP contribution in [0.25, 0.3) is 6.08 Å². The Balaban J connectivity index is 1.63. The minimum atomic E-state index is -0.926. The number of carbonyl (C=O) groups excluding carboxylic acids is 2. The van der Waals surface area contributed by atoms with E-state index in [0.717, 1.165) is 28.0 Å². The van der Waals surface area contributed by atoms with Crippen molar-refractivity contribution in [1.29, 1.82) is 0 Å². The normalized spacial score (nSPS) is 22.2. The molecule has 0 aromatic heterocycles. The summed E-state index contributed by atoms with van der Waals surface area (Å²) in [7, 11) is 0. The summed E-state index contributed by atoms with van der Waals surface area (Å²) in [6, 6.07) is 12.4. The fraction of sp³-hybridized carbons (Fsp3) is 0.419. The topological polar surface area (TPSA) is 141 Å². The summed E-state index contributed by atoms with van der Waals surface area (Å²) in [5, 5.41) is 43.1. The van der Waals surface area contributed by atoms with Crippen LogP contribution in [0.3, 0.4) is 0 Å². The van der Waals surface area contributed by atoms with Crippen LogP contribution in [0, 0.1) is 33.8 Å². The third-order valence-electron chi connectivity index (χ3n) is 8.11. The lowest BCUT2D eigenvalue weighted by Crippen LogP contribution is -2.39. The number of phenols is 1. The van der Waals surface area contributed by atoms with Crippen LogP contribution in [0.15, 0.2) is 65.3 Å². The van der Waals surface area contributed by atoms with E-state index >= 15 is 0 Å². The number of nitro groups is 1. The van der Waals surface area contributed by atoms with Crippen LogP contribution in [0.2, 0.25) is 0 Å². The van der Waals surface area contributed by atoms with Crippen LogP contribution < -0.4 is 4.90 Å². The largest absolute Gasteiger partial charge is 0.508 e. The van der Waals surface area contributed by atoms with Gasteiger partial charge in [0.25, 0.3) is 5.69 Å². The number of aliphatic hydroxyl groups excluding tert-OH is 2. The number of amides is 2. The number of hydrogen-bond acceptors (Lipinski definition) is 7. The summed E-state index contributed by atoms with van der Waals surface area (Å²) in [6.45, 7) is 5.55. The van der Waals surface area contributed by atoms with E-state index in [0.29, 0.717) is 18.4 Å². The van der Waals surface area contributed by atoms with Crippen molar-refractivity contribution < 1.29 is 29.8 Å². The number of benzene rings is 2. The molecular formula is C31H36N2O7. The number of aromatic hydroxyl groups is 1. The molecular weight excluding hydrogens is 512 g/mol. The van der Waals surface area contributed by atoms with Crippen molar-refractivity contribution >= 4 is 29.3 Å². The fourth-order valence-electron chi connectivity index (χ4n) is 6.12. The monoisotopic (exact) mass is 548 g/mol. The van der Waals surface area contributed by atoms with E-state index in [1.54, 1.807) is 18.2 Å². The molecule has 1 heterocycles. The number of anilines is 1. The number of fused-ring (bicyclic) bond motifs is 1. The van der Waals surface area contributed by atoms with Gasteiger partial charge in [-0.25, -0.2) is 4.90 Å². The van der Waals surface area contributed by atoms with E-state index in [2.05, 4.69) is 0 Å². The van der Waals surface area contributed by atoms with Gasteiger partial charge in [0.15, 0.2) is 0 Å². The molecule has 4 rings (SSSR count). The van der Waals surface area contributed by atoms with Gasteiger partial charge in [0.05, 0.1) is 35.2 Å². The Morgan fingerprint density at radius 1 is 1.15 bits per heavy atom. The lowest BCUT2D eigenvalue weighted by molar-refractivity contribution is -0.384. The second-order valence-corrected chi connectivity index (χ2v) is 10.9. The highest BCUT2D eigenvalue weighted by Gasteiger charge is 2.55. The molecule has 212 valence electrons. The summed E-state index contributed by atoms with van der Waals surface area (Å²) in [5.41, 5.74) is 3.33. The molecule has 0 radical (unpaired) electrons. The Hall–Kier alpha value is -3.82. The van der Waals surface area contributed by atoms with Crippen molar-refractivity contribution in [3.8, 4) is 5.75 Å². The van der Waals surface area contributed by atoms with E-state index < -0.39 is 47.2 Å². The summed E-state index contributed by atoms with van der Waals surface area (Å²) < 4.78 is 0. The zero-order valence-electron chi connectivity index (χ0n) is 23.0. The van der Waals surface area contributed by atoms with Crippen LogP contribution in [0.5, 0.6) is 5.75 Å². The van der Waals surface area contributed by atoms with Crippen molar-refractivity contribution in [2.45, 2.75) is 52.6 Å². The van der Waals surface area contributed by atoms with E-state index in [-0.39, 0.29) is 29.5 Å². The average Bonchev–Trinajstić information content (AvgIpc) is 3.18. The molecule has 0 saturated carbocycles. The molecule has 3 N–H and O–H groups in total. The molecule has 2 aromatic rings. The molecule has 0 bridgehead atoms. The third kappa shape index (κ3) is 5.71. The number of hydrogen-bond donors (Lipinski definition) is 3. The zero-order chi connectivity index (χ0) is 29.1. The lowest BCUT2D eigenvalue weighted by Gasteiger charge is -2.38. The molecule has 0 unspecified atom stereocenters. The first-order chi connectivity index (χ1) is 19.1. The predicted octanol–water partition coefficient (Wildman–Crippen LogP) is 5.01. The number of allylic oxidation sites excluding steroid dienone is 2. The number of aliphatic hydroxyl groups is 2. The zero-order valence-corrected chi connectivity index (χ0v) is 23.0. The number of nitrogens with zero attached hydrogens (tertiary/aromatic N) is 2. The van der Waals surface area contributed by atoms with Gasteiger partial charge in [0.1, 0.15) is 5.75 Å². The first kappa shape index (κ1) is 29.2. The highest BCUT2D eigenvalue weighted by molar-refractivity contribution is 6.22. The van der Waals surface area contributed by atoms with Gasteiger partial charge < -0.3 is 15.3 Å². The van der Waals surface area contributed by atoms with Gasteiger partial charge in [0.2, 0.25) is 11.8 Å². The van der Waals surface area contributed by atoms with Gasteiger partial charge in [-0.3, -0.25) is 19.7 Å². The molecule has 1 fully saturated rings. The molecule has 1 aliphatic heterocycles. The van der Waals surface area contributed by atoms with Crippen LogP contribution in [-0.4, -0.2) is 44.8 Å². The van der Waals surface area contributed by atoms with E-state index in [4.69, 9.17) is 0 Å². The molecule has 2 amide bonds. The van der Waals surface area contributed by atoms with Crippen molar-refractivity contribution in [2.75, 3.05) is 11.5 Å². The Kier molecular flexibility index (Phi) is 8.85. The smallest absolute Gasteiger partial charge is 0.271 e. The van der Waals surface area contributed by atoms with Gasteiger partial charge in [-0.1, -0.05) is 56.2 Å². The van der Waals surface area contributed by atoms with Crippen molar-refractivity contribution in [2.24, 2.45) is 23.7 Å². The molecule has 0 spiro atoms. The number of phenolic OH excluding ortho intramolecular Hbond substituents is 1. The average molecular weight is 549 g/mol. The van der Waals surface area contributed by atoms with Gasteiger partial charge >= 0.3 is 0 Å². The van der Waals surface area contributed by atoms with E-state index in [1.165, 1.54) is 24.3 Å². The summed E-state index contributed by atoms with van der Waals surface area (Å²) in [6.07, 6.45) is 3.03. The Morgan fingerprint density at radius 2 is 1.88 bits per heavy atom. The first-order valence-corrected chi connectivity index (χ1v) is 13.7. The maximum absolute atomic E-state index is 13.7. The standard InChI is InChI=1S/C31H36N2O7/c1-4-19(13-20-7-5-10-23(35)14-20)11-12-27(36)28-24(18(2)3)16-25-29(26(28)17-34)31(38)32(30(25)37)21-8-6-9-22(15-21)33(39)40/h5-10,13-15,18,25-27,29,34-36H,4,11-12,16-17H2,1-3H3/b19-13+/t25-,26+,27-,29-/m1/s1. The number of non-ortho nitro benzene ring substituents is 1. The van der Waals surface area contributed by atoms with Gasteiger partial charge in [-0.15, -0.1) is 0 Å². The molecule has 9 nitrogen and oxygen atoms in total. The third-order valence-corrected chi connectivity index (χ3v) is 8.11. The molecule has 1 saturated heterocycles. The minimum absolute atomic E-state index is 0.0251. The minimum Gasteiger partial charge on any atom is -0.508 e. The first-order valence-electron chi connectivity index (χ1n) is 13.7. The van der Waals surface area contributed by atoms with Gasteiger partial charge in [-0.05, 0) is 60.9 Å². The number of imide groups is 1. The van der Waals surface area contributed by atoms with Gasteiger partial charge in [-0.2, -0.15) is 0 Å². The van der Waals surface area contributed by atoms with E-state index in [1.807, 2.05) is 32.9 Å². The second kappa shape index (κ2) is 12.1. The van der Waals surface area contributed by atoms with Crippen molar-refractivity contribution in [3.63, 3.8) is 0 Å². The van der Waals surface area contributed by atoms with E-state index in [9.17, 15) is 35.0 Å². The van der Waals surface area contributed by atoms with Crippen LogP contribution in [-0.2, 0) is 9.59 Å². The van der Waals surface area contributed by atoms with Gasteiger partial charge in [0, 0.05) is 18.1 Å². The SMILES string of the molecule is CC/C(=C\c1cccc(O)c1)CC[C@@H](O)C1=C(C(C)C)C[C@H]2C(=O)N(c3cccc([N+](=O)[O-])c3)C(=O)[C@H]2[C@H]1CO. The molecule has 2 aromatic carbocycles. The fourth-order valence-corrected chi connectivity index (χ4v) is 6.12. The summed E-state index contributed by atoms with van der Waals surface area (Å²) in [4.78, 5) is 38.9. The van der Waals surface area contributed by atoms with Crippen LogP contribution >= 0.6 is 0 Å².